The Hall–Kier alpha value is -1.03. The molecule has 0 radical (unpaired) electrons. The first kappa shape index (κ1) is 13.4. The second-order valence-electron chi connectivity index (χ2n) is 3.23. The van der Waals surface area contributed by atoms with Gasteiger partial charge in [0.2, 0.25) is 10.0 Å². The first-order chi connectivity index (χ1) is 8.49. The molecule has 0 bridgehead atoms. The van der Waals surface area contributed by atoms with Crippen molar-refractivity contribution in [3.63, 3.8) is 0 Å². The lowest BCUT2D eigenvalue weighted by Gasteiger charge is -2.06. The number of tetrazole rings is 1. The maximum absolute atomic E-state index is 12.0. The first-order valence-corrected chi connectivity index (χ1v) is 7.31. The molecule has 2 rings (SSSR count). The monoisotopic (exact) mass is 351 g/mol. The van der Waals surface area contributed by atoms with Crippen molar-refractivity contribution in [1.29, 1.82) is 0 Å². The van der Waals surface area contributed by atoms with E-state index < -0.39 is 10.0 Å². The number of hydrogen-bond acceptors (Lipinski definition) is 5. The minimum absolute atomic E-state index is 0.00383. The summed E-state index contributed by atoms with van der Waals surface area (Å²) in [7, 11) is -3.71. The minimum atomic E-state index is -3.71. The maximum Gasteiger partial charge on any atom is 0.242 e. The second-order valence-corrected chi connectivity index (χ2v) is 6.29. The zero-order valence-corrected chi connectivity index (χ0v) is 11.9. The van der Waals surface area contributed by atoms with Gasteiger partial charge in [-0.25, -0.2) is 13.1 Å². The zero-order chi connectivity index (χ0) is 13.2. The van der Waals surface area contributed by atoms with Gasteiger partial charge in [-0.05, 0) is 18.2 Å². The molecule has 7 nitrogen and oxygen atoms in total. The molecule has 18 heavy (non-hydrogen) atoms. The van der Waals surface area contributed by atoms with Crippen molar-refractivity contribution >= 4 is 37.6 Å². The van der Waals surface area contributed by atoms with E-state index in [1.54, 1.807) is 6.07 Å². The van der Waals surface area contributed by atoms with Gasteiger partial charge >= 0.3 is 0 Å². The molecule has 0 fully saturated rings. The summed E-state index contributed by atoms with van der Waals surface area (Å²) in [5.74, 6) is 0.242. The van der Waals surface area contributed by atoms with Gasteiger partial charge in [-0.15, -0.1) is 10.2 Å². The number of nitrogens with zero attached hydrogens (tertiary/aromatic N) is 3. The van der Waals surface area contributed by atoms with Gasteiger partial charge in [0, 0.05) is 4.47 Å². The predicted molar refractivity (Wildman–Crippen MR) is 67.4 cm³/mol. The fraction of sp³-hybridized carbons (Fsp3) is 0.125. The topological polar surface area (TPSA) is 101 Å². The number of rotatable bonds is 4. The molecule has 2 aromatic rings. The number of nitrogens with one attached hydrogen (secondary N) is 2. The van der Waals surface area contributed by atoms with Crippen LogP contribution in [0.1, 0.15) is 5.82 Å². The van der Waals surface area contributed by atoms with Crippen LogP contribution in [0.5, 0.6) is 0 Å². The Labute approximate surface area is 116 Å². The van der Waals surface area contributed by atoms with Gasteiger partial charge in [0.25, 0.3) is 0 Å². The van der Waals surface area contributed by atoms with Crippen LogP contribution in [0.25, 0.3) is 0 Å². The molecule has 1 heterocycles. The molecule has 0 amide bonds. The lowest BCUT2D eigenvalue weighted by molar-refractivity contribution is 0.579. The highest BCUT2D eigenvalue weighted by atomic mass is 79.9. The molecule has 2 N–H and O–H groups in total. The van der Waals surface area contributed by atoms with E-state index in [1.165, 1.54) is 12.1 Å². The summed E-state index contributed by atoms with van der Waals surface area (Å²) in [6.07, 6.45) is 0. The molecule has 96 valence electrons. The van der Waals surface area contributed by atoms with Crippen molar-refractivity contribution in [2.24, 2.45) is 0 Å². The fourth-order valence-electron chi connectivity index (χ4n) is 1.19. The molecule has 0 spiro atoms. The molecule has 0 aliphatic rings. The average Bonchev–Trinajstić information content (AvgIpc) is 2.78. The number of H-pyrrole nitrogens is 1. The number of sulfonamides is 1. The fourth-order valence-corrected chi connectivity index (χ4v) is 3.20. The van der Waals surface area contributed by atoms with Crippen LogP contribution in [0.4, 0.5) is 0 Å². The molecular weight excluding hydrogens is 346 g/mol. The third-order valence-corrected chi connectivity index (χ3v) is 4.37. The van der Waals surface area contributed by atoms with E-state index in [1.807, 2.05) is 0 Å². The number of aromatic nitrogens is 4. The average molecular weight is 353 g/mol. The van der Waals surface area contributed by atoms with Gasteiger partial charge in [-0.1, -0.05) is 32.7 Å². The standard InChI is InChI=1S/C8H7BrClN5O2S/c9-5-1-2-7(6(10)3-5)18(16,17)11-4-8-12-14-15-13-8/h1-3,11H,4H2,(H,12,13,14,15). The molecule has 0 saturated carbocycles. The predicted octanol–water partition coefficient (Wildman–Crippen LogP) is 1.09. The van der Waals surface area contributed by atoms with E-state index in [0.717, 1.165) is 0 Å². The van der Waals surface area contributed by atoms with Crippen molar-refractivity contribution < 1.29 is 8.42 Å². The van der Waals surface area contributed by atoms with Crippen LogP contribution in [0, 0.1) is 0 Å². The number of aromatic amines is 1. The van der Waals surface area contributed by atoms with Gasteiger partial charge in [0.05, 0.1) is 11.6 Å². The van der Waals surface area contributed by atoms with Gasteiger partial charge in [-0.2, -0.15) is 5.21 Å². The van der Waals surface area contributed by atoms with Crippen LogP contribution in [0.15, 0.2) is 27.6 Å². The van der Waals surface area contributed by atoms with E-state index in [-0.39, 0.29) is 22.3 Å². The van der Waals surface area contributed by atoms with Crippen molar-refractivity contribution in [1.82, 2.24) is 25.3 Å². The van der Waals surface area contributed by atoms with E-state index in [9.17, 15) is 8.42 Å². The summed E-state index contributed by atoms with van der Waals surface area (Å²) >= 11 is 9.08. The molecule has 0 aliphatic heterocycles. The van der Waals surface area contributed by atoms with E-state index in [4.69, 9.17) is 11.6 Å². The van der Waals surface area contributed by atoms with Crippen LogP contribution in [-0.2, 0) is 16.6 Å². The molecule has 1 aromatic heterocycles. The van der Waals surface area contributed by atoms with Crippen LogP contribution in [0.3, 0.4) is 0 Å². The van der Waals surface area contributed by atoms with Crippen LogP contribution < -0.4 is 4.72 Å². The minimum Gasteiger partial charge on any atom is -0.207 e. The van der Waals surface area contributed by atoms with Gasteiger partial charge in [0.1, 0.15) is 4.90 Å². The SMILES string of the molecule is O=S(=O)(NCc1nn[nH]n1)c1ccc(Br)cc1Cl. The van der Waals surface area contributed by atoms with Gasteiger partial charge in [-0.3, -0.25) is 0 Å². The van der Waals surface area contributed by atoms with E-state index in [2.05, 4.69) is 41.3 Å². The van der Waals surface area contributed by atoms with E-state index in [0.29, 0.717) is 4.47 Å². The Bertz CT molecular complexity index is 646. The molecule has 0 atom stereocenters. The molecule has 1 aromatic carbocycles. The summed E-state index contributed by atoms with van der Waals surface area (Å²) in [5, 5.41) is 12.9. The Morgan fingerprint density at radius 1 is 1.44 bits per heavy atom. The lowest BCUT2D eigenvalue weighted by atomic mass is 10.4. The lowest BCUT2D eigenvalue weighted by Crippen LogP contribution is -2.24. The quantitative estimate of drug-likeness (QED) is 0.858. The summed E-state index contributed by atoms with van der Waals surface area (Å²) in [6, 6.07) is 4.50. The summed E-state index contributed by atoms with van der Waals surface area (Å²) in [6.45, 7) is -0.0643. The Balaban J connectivity index is 2.20. The Morgan fingerprint density at radius 2 is 2.22 bits per heavy atom. The molecule has 0 unspecified atom stereocenters. The molecular formula is C8H7BrClN5O2S. The van der Waals surface area contributed by atoms with Crippen LogP contribution in [0.2, 0.25) is 5.02 Å². The third-order valence-electron chi connectivity index (χ3n) is 1.99. The highest BCUT2D eigenvalue weighted by molar-refractivity contribution is 9.10. The second kappa shape index (κ2) is 5.31. The van der Waals surface area contributed by atoms with Gasteiger partial charge in [0.15, 0.2) is 5.82 Å². The zero-order valence-electron chi connectivity index (χ0n) is 8.76. The van der Waals surface area contributed by atoms with E-state index >= 15 is 0 Å². The smallest absolute Gasteiger partial charge is 0.207 e. The van der Waals surface area contributed by atoms with Crippen LogP contribution in [-0.4, -0.2) is 29.0 Å². The largest absolute Gasteiger partial charge is 0.242 e. The van der Waals surface area contributed by atoms with Gasteiger partial charge < -0.3 is 0 Å². The highest BCUT2D eigenvalue weighted by Crippen LogP contribution is 2.25. The summed E-state index contributed by atoms with van der Waals surface area (Å²) in [4.78, 5) is -0.00383. The number of benzene rings is 1. The normalized spacial score (nSPS) is 11.7. The number of halogens is 2. The van der Waals surface area contributed by atoms with Crippen molar-refractivity contribution in [3.8, 4) is 0 Å². The van der Waals surface area contributed by atoms with Crippen molar-refractivity contribution in [2.75, 3.05) is 0 Å². The van der Waals surface area contributed by atoms with Crippen molar-refractivity contribution in [3.05, 3.63) is 33.5 Å². The number of hydrogen-bond donors (Lipinski definition) is 2. The van der Waals surface area contributed by atoms with Crippen LogP contribution >= 0.6 is 27.5 Å². The highest BCUT2D eigenvalue weighted by Gasteiger charge is 2.18. The first-order valence-electron chi connectivity index (χ1n) is 4.66. The van der Waals surface area contributed by atoms with Crippen molar-refractivity contribution in [2.45, 2.75) is 11.4 Å². The Kier molecular flexibility index (Phi) is 3.95. The summed E-state index contributed by atoms with van der Waals surface area (Å²) < 4.78 is 26.9. The molecule has 0 saturated heterocycles. The third kappa shape index (κ3) is 3.05. The molecule has 10 heteroatoms. The molecule has 0 aliphatic carbocycles. The Morgan fingerprint density at radius 3 is 2.83 bits per heavy atom. The summed E-state index contributed by atoms with van der Waals surface area (Å²) in [5.41, 5.74) is 0. The maximum atomic E-state index is 12.0.